The van der Waals surface area contributed by atoms with E-state index in [1.807, 2.05) is 76.2 Å². The molecule has 0 aromatic heterocycles. The molecule has 41 heavy (non-hydrogen) atoms. The molecule has 0 aliphatic rings. The Balaban J connectivity index is 2.23. The van der Waals surface area contributed by atoms with E-state index in [0.29, 0.717) is 12.8 Å². The van der Waals surface area contributed by atoms with Crippen LogP contribution < -0.4 is 10.6 Å². The zero-order chi connectivity index (χ0) is 30.2. The molecule has 2 aromatic rings. The minimum Gasteiger partial charge on any atom is -0.461 e. The van der Waals surface area contributed by atoms with Gasteiger partial charge in [0.25, 0.3) is 0 Å². The molecule has 0 aliphatic heterocycles. The van der Waals surface area contributed by atoms with Crippen molar-refractivity contribution in [2.45, 2.75) is 65.6 Å². The highest BCUT2D eigenvalue weighted by Crippen LogP contribution is 2.16. The average Bonchev–Trinajstić information content (AvgIpc) is 2.97. The summed E-state index contributed by atoms with van der Waals surface area (Å²) in [7, 11) is 0. The zero-order valence-electron chi connectivity index (χ0n) is 24.4. The highest BCUT2D eigenvalue weighted by molar-refractivity contribution is 6.03. The number of rotatable bonds is 16. The van der Waals surface area contributed by atoms with E-state index in [4.69, 9.17) is 9.47 Å². The van der Waals surface area contributed by atoms with Crippen molar-refractivity contribution in [1.29, 1.82) is 0 Å². The van der Waals surface area contributed by atoms with Crippen LogP contribution in [0.15, 0.2) is 78.9 Å². The maximum atomic E-state index is 13.5. The summed E-state index contributed by atoms with van der Waals surface area (Å²) in [6.07, 6.45) is 3.71. The van der Waals surface area contributed by atoms with Crippen LogP contribution in [0.3, 0.4) is 0 Å². The molecule has 8 nitrogen and oxygen atoms in total. The lowest BCUT2D eigenvalue weighted by atomic mass is 9.96. The van der Waals surface area contributed by atoms with E-state index < -0.39 is 35.8 Å². The molecule has 2 N–H and O–H groups in total. The molecule has 3 atom stereocenters. The third-order valence-corrected chi connectivity index (χ3v) is 6.44. The van der Waals surface area contributed by atoms with E-state index in [2.05, 4.69) is 17.2 Å². The van der Waals surface area contributed by atoms with Crippen LogP contribution in [0.5, 0.6) is 0 Å². The van der Waals surface area contributed by atoms with Crippen LogP contribution in [-0.4, -0.2) is 42.4 Å². The molecule has 220 valence electrons. The normalized spacial score (nSPS) is 13.4. The zero-order valence-corrected chi connectivity index (χ0v) is 24.4. The highest BCUT2D eigenvalue weighted by atomic mass is 16.5. The molecular formula is C33H42N2O6. The van der Waals surface area contributed by atoms with Crippen molar-refractivity contribution in [3.8, 4) is 0 Å². The Morgan fingerprint density at radius 1 is 0.902 bits per heavy atom. The summed E-state index contributed by atoms with van der Waals surface area (Å²) in [5.74, 6) is -2.36. The molecule has 0 radical (unpaired) electrons. The van der Waals surface area contributed by atoms with Crippen molar-refractivity contribution in [3.05, 3.63) is 90.0 Å². The number of amides is 2. The first-order chi connectivity index (χ1) is 19.6. The third-order valence-electron chi connectivity index (χ3n) is 6.44. The van der Waals surface area contributed by atoms with Crippen LogP contribution in [0.25, 0.3) is 6.08 Å². The average molecular weight is 563 g/mol. The van der Waals surface area contributed by atoms with Gasteiger partial charge in [-0.25, -0.2) is 4.79 Å². The second-order valence-electron chi connectivity index (χ2n) is 10.3. The first-order valence-electron chi connectivity index (χ1n) is 14.0. The van der Waals surface area contributed by atoms with Crippen molar-refractivity contribution in [2.24, 2.45) is 11.8 Å². The molecule has 2 rings (SSSR count). The number of nitrogens with one attached hydrogen (secondary N) is 2. The molecule has 0 unspecified atom stereocenters. The lowest BCUT2D eigenvalue weighted by Crippen LogP contribution is -2.54. The van der Waals surface area contributed by atoms with Gasteiger partial charge in [-0.3, -0.25) is 14.4 Å². The Labute approximate surface area is 243 Å². The van der Waals surface area contributed by atoms with Crippen LogP contribution >= 0.6 is 0 Å². The lowest BCUT2D eigenvalue weighted by Gasteiger charge is -2.27. The second kappa shape index (κ2) is 17.5. The number of ether oxygens (including phenoxy) is 2. The minimum absolute atomic E-state index is 0.0224. The largest absolute Gasteiger partial charge is 0.461 e. The first kappa shape index (κ1) is 33.0. The van der Waals surface area contributed by atoms with Crippen LogP contribution in [0.4, 0.5) is 0 Å². The molecule has 0 spiro atoms. The Kier molecular flexibility index (Phi) is 14.1. The van der Waals surface area contributed by atoms with Crippen molar-refractivity contribution < 1.29 is 28.7 Å². The maximum Gasteiger partial charge on any atom is 0.328 e. The van der Waals surface area contributed by atoms with Crippen LogP contribution in [-0.2, 0) is 35.3 Å². The summed E-state index contributed by atoms with van der Waals surface area (Å²) in [6.45, 7) is 11.3. The molecular weight excluding hydrogens is 520 g/mol. The van der Waals surface area contributed by atoms with Crippen molar-refractivity contribution >= 4 is 29.8 Å². The second-order valence-corrected chi connectivity index (χ2v) is 10.3. The summed E-state index contributed by atoms with van der Waals surface area (Å²) >= 11 is 0. The lowest BCUT2D eigenvalue weighted by molar-refractivity contribution is -0.150. The maximum absolute atomic E-state index is 13.5. The van der Waals surface area contributed by atoms with Gasteiger partial charge in [0, 0.05) is 5.57 Å². The first-order valence-corrected chi connectivity index (χ1v) is 14.0. The molecule has 0 bridgehead atoms. The standard InChI is InChI=1S/C33H42N2O6/c1-6-18-40-29(36)21-27(20-25-14-10-8-11-15-25)31(37)35-30(24(5)7-2)32(38)34-28(19-23(3)4)33(39)41-22-26-16-12-9-13-17-26/h6,8-17,20,23-24,28,30H,1,7,18-19,21-22H2,2-5H3,(H,34,38)(H,35,37)/b27-20+/t24-,28-,30-/m0/s1. The number of benzene rings is 2. The highest BCUT2D eigenvalue weighted by Gasteiger charge is 2.32. The molecule has 2 aromatic carbocycles. The SMILES string of the molecule is C=CCOC(=O)C/C(=C\c1ccccc1)C(=O)N[C@H](C(=O)N[C@@H](CC(C)C)C(=O)OCc1ccccc1)[C@@H](C)CC. The van der Waals surface area contributed by atoms with Gasteiger partial charge in [0.15, 0.2) is 0 Å². The van der Waals surface area contributed by atoms with Gasteiger partial charge in [-0.05, 0) is 35.5 Å². The number of hydrogen-bond donors (Lipinski definition) is 2. The van der Waals surface area contributed by atoms with E-state index in [-0.39, 0.29) is 37.0 Å². The summed E-state index contributed by atoms with van der Waals surface area (Å²) in [6, 6.07) is 16.5. The smallest absolute Gasteiger partial charge is 0.328 e. The van der Waals surface area contributed by atoms with E-state index in [9.17, 15) is 19.2 Å². The van der Waals surface area contributed by atoms with Gasteiger partial charge < -0.3 is 20.1 Å². The van der Waals surface area contributed by atoms with Crippen molar-refractivity contribution in [1.82, 2.24) is 10.6 Å². The Hall–Kier alpha value is -4.20. The van der Waals surface area contributed by atoms with Gasteiger partial charge in [-0.1, -0.05) is 107 Å². The van der Waals surface area contributed by atoms with Crippen molar-refractivity contribution in [2.75, 3.05) is 6.61 Å². The number of hydrogen-bond acceptors (Lipinski definition) is 6. The Morgan fingerprint density at radius 2 is 1.54 bits per heavy atom. The fourth-order valence-corrected chi connectivity index (χ4v) is 4.02. The summed E-state index contributed by atoms with van der Waals surface area (Å²) < 4.78 is 10.6. The molecule has 0 aliphatic carbocycles. The molecule has 0 fully saturated rings. The van der Waals surface area contributed by atoms with E-state index >= 15 is 0 Å². The summed E-state index contributed by atoms with van der Waals surface area (Å²) in [5.41, 5.74) is 1.70. The van der Waals surface area contributed by atoms with Crippen LogP contribution in [0.2, 0.25) is 0 Å². The fraction of sp³-hybridized carbons (Fsp3) is 0.394. The van der Waals surface area contributed by atoms with Crippen LogP contribution in [0.1, 0.15) is 58.1 Å². The number of esters is 2. The Morgan fingerprint density at radius 3 is 2.12 bits per heavy atom. The predicted octanol–water partition coefficient (Wildman–Crippen LogP) is 4.99. The fourth-order valence-electron chi connectivity index (χ4n) is 4.02. The summed E-state index contributed by atoms with van der Waals surface area (Å²) in [5, 5.41) is 5.62. The van der Waals surface area contributed by atoms with Gasteiger partial charge in [0.1, 0.15) is 25.3 Å². The molecule has 0 saturated heterocycles. The van der Waals surface area contributed by atoms with Gasteiger partial charge in [-0.15, -0.1) is 0 Å². The minimum atomic E-state index is -0.951. The van der Waals surface area contributed by atoms with Gasteiger partial charge in [0.05, 0.1) is 6.42 Å². The number of carbonyl (C=O) groups excluding carboxylic acids is 4. The third kappa shape index (κ3) is 11.8. The molecule has 0 saturated carbocycles. The van der Waals surface area contributed by atoms with Gasteiger partial charge in [0.2, 0.25) is 11.8 Å². The summed E-state index contributed by atoms with van der Waals surface area (Å²) in [4.78, 5) is 52.4. The van der Waals surface area contributed by atoms with E-state index in [0.717, 1.165) is 11.1 Å². The van der Waals surface area contributed by atoms with E-state index in [1.165, 1.54) is 6.08 Å². The van der Waals surface area contributed by atoms with Gasteiger partial charge in [-0.2, -0.15) is 0 Å². The van der Waals surface area contributed by atoms with Gasteiger partial charge >= 0.3 is 11.9 Å². The predicted molar refractivity (Wildman–Crippen MR) is 159 cm³/mol. The van der Waals surface area contributed by atoms with Crippen LogP contribution in [0, 0.1) is 11.8 Å². The monoisotopic (exact) mass is 562 g/mol. The molecule has 2 amide bonds. The Bertz CT molecular complexity index is 1180. The topological polar surface area (TPSA) is 111 Å². The van der Waals surface area contributed by atoms with Crippen molar-refractivity contribution in [3.63, 3.8) is 0 Å². The molecule has 0 heterocycles. The van der Waals surface area contributed by atoms with E-state index in [1.54, 1.807) is 18.2 Å². The number of carbonyl (C=O) groups is 4. The molecule has 8 heteroatoms. The quantitative estimate of drug-likeness (QED) is 0.169.